The molecule has 3 N–H and O–H groups in total. The van der Waals surface area contributed by atoms with E-state index in [1.165, 1.54) is 24.4 Å². The van der Waals surface area contributed by atoms with E-state index >= 15 is 0 Å². The van der Waals surface area contributed by atoms with Gasteiger partial charge in [0.1, 0.15) is 12.5 Å². The van der Waals surface area contributed by atoms with E-state index in [9.17, 15) is 17.2 Å². The maximum absolute atomic E-state index is 14.7. The molecule has 0 saturated heterocycles. The topological polar surface area (TPSA) is 137 Å². The predicted octanol–water partition coefficient (Wildman–Crippen LogP) is 4.31. The van der Waals surface area contributed by atoms with Crippen molar-refractivity contribution in [3.8, 4) is 22.8 Å². The number of benzene rings is 1. The molecule has 4 rings (SSSR count). The SMILES string of the molecule is CCC(C)S(=O)(=O)c1ccc(-c2cnc(N)c(-c3nnc(C4=C(F)C=C(CNCCF)CC4)o3)n2)cc1. The van der Waals surface area contributed by atoms with Crippen molar-refractivity contribution in [1.82, 2.24) is 25.5 Å². The number of nitrogens with zero attached hydrogens (tertiary/aromatic N) is 4. The van der Waals surface area contributed by atoms with Crippen LogP contribution in [0.2, 0.25) is 0 Å². The standard InChI is InChI=1S/C25H28F2N6O3S/c1-3-15(2)37(34,35)18-7-5-17(6-8-18)21-14-30-23(28)22(31-21)25-33-32-24(36-25)19-9-4-16(12-20(19)27)13-29-11-10-26/h5-8,12,14-15,29H,3-4,9-11,13H2,1-2H3,(H2,28,30). The van der Waals surface area contributed by atoms with Crippen molar-refractivity contribution in [1.29, 1.82) is 0 Å². The Labute approximate surface area is 213 Å². The van der Waals surface area contributed by atoms with Crippen molar-refractivity contribution in [2.24, 2.45) is 0 Å². The number of sulfone groups is 1. The number of anilines is 1. The van der Waals surface area contributed by atoms with E-state index in [0.717, 1.165) is 5.57 Å². The van der Waals surface area contributed by atoms with E-state index in [1.54, 1.807) is 19.1 Å². The molecule has 0 amide bonds. The maximum Gasteiger partial charge on any atom is 0.270 e. The van der Waals surface area contributed by atoms with Gasteiger partial charge in [0, 0.05) is 18.7 Å². The highest BCUT2D eigenvalue weighted by Gasteiger charge is 2.24. The minimum Gasteiger partial charge on any atom is -0.415 e. The van der Waals surface area contributed by atoms with E-state index in [2.05, 4.69) is 25.5 Å². The first kappa shape index (κ1) is 26.6. The largest absolute Gasteiger partial charge is 0.415 e. The van der Waals surface area contributed by atoms with Crippen LogP contribution in [0.25, 0.3) is 28.4 Å². The van der Waals surface area contributed by atoms with E-state index in [4.69, 9.17) is 10.2 Å². The lowest BCUT2D eigenvalue weighted by molar-refractivity contribution is 0.472. The van der Waals surface area contributed by atoms with Crippen LogP contribution in [0.1, 0.15) is 39.0 Å². The number of aromatic nitrogens is 4. The van der Waals surface area contributed by atoms with Gasteiger partial charge in [-0.1, -0.05) is 24.6 Å². The van der Waals surface area contributed by atoms with Gasteiger partial charge in [0.25, 0.3) is 5.89 Å². The second kappa shape index (κ2) is 11.3. The van der Waals surface area contributed by atoms with Crippen LogP contribution in [-0.4, -0.2) is 53.6 Å². The molecular formula is C25H28F2N6O3S. The fraction of sp³-hybridized carbons (Fsp3) is 0.360. The van der Waals surface area contributed by atoms with E-state index in [-0.39, 0.29) is 40.3 Å². The van der Waals surface area contributed by atoms with Crippen LogP contribution in [0.3, 0.4) is 0 Å². The van der Waals surface area contributed by atoms with Crippen LogP contribution >= 0.6 is 0 Å². The summed E-state index contributed by atoms with van der Waals surface area (Å²) in [6, 6.07) is 6.36. The number of alkyl halides is 1. The molecule has 0 aliphatic heterocycles. The number of hydrogen-bond acceptors (Lipinski definition) is 9. The number of nitrogen functional groups attached to an aromatic ring is 1. The molecule has 1 atom stereocenters. The molecule has 37 heavy (non-hydrogen) atoms. The number of nitrogens with one attached hydrogen (secondary N) is 1. The first-order chi connectivity index (χ1) is 17.7. The number of hydrogen-bond donors (Lipinski definition) is 2. The molecule has 0 spiro atoms. The lowest BCUT2D eigenvalue weighted by Gasteiger charge is -2.14. The molecule has 196 valence electrons. The quantitative estimate of drug-likeness (QED) is 0.367. The third-order valence-corrected chi connectivity index (χ3v) is 8.53. The first-order valence-electron chi connectivity index (χ1n) is 11.9. The summed E-state index contributed by atoms with van der Waals surface area (Å²) in [5.41, 5.74) is 8.28. The Kier molecular flexibility index (Phi) is 8.08. The van der Waals surface area contributed by atoms with Crippen LogP contribution in [0, 0.1) is 0 Å². The number of nitrogens with two attached hydrogens (primary N) is 1. The van der Waals surface area contributed by atoms with Gasteiger partial charge in [-0.05, 0) is 44.4 Å². The molecule has 0 fully saturated rings. The van der Waals surface area contributed by atoms with E-state index < -0.39 is 27.6 Å². The van der Waals surface area contributed by atoms with Crippen LogP contribution in [0.15, 0.2) is 57.3 Å². The van der Waals surface area contributed by atoms with Gasteiger partial charge in [-0.15, -0.1) is 10.2 Å². The van der Waals surface area contributed by atoms with Gasteiger partial charge in [-0.3, -0.25) is 0 Å². The average Bonchev–Trinajstić information content (AvgIpc) is 3.38. The molecule has 9 nitrogen and oxygen atoms in total. The van der Waals surface area contributed by atoms with Crippen molar-refractivity contribution >= 4 is 21.2 Å². The Hall–Kier alpha value is -3.51. The summed E-state index contributed by atoms with van der Waals surface area (Å²) < 4.78 is 57.9. The number of rotatable bonds is 10. The second-order valence-corrected chi connectivity index (χ2v) is 11.1. The molecule has 1 aliphatic rings. The summed E-state index contributed by atoms with van der Waals surface area (Å²) in [5, 5.41) is 10.4. The van der Waals surface area contributed by atoms with Gasteiger partial charge < -0.3 is 15.5 Å². The fourth-order valence-corrected chi connectivity index (χ4v) is 5.23. The molecule has 1 unspecified atom stereocenters. The summed E-state index contributed by atoms with van der Waals surface area (Å²) in [6.07, 6.45) is 4.29. The molecule has 2 aromatic heterocycles. The summed E-state index contributed by atoms with van der Waals surface area (Å²) >= 11 is 0. The summed E-state index contributed by atoms with van der Waals surface area (Å²) in [5.74, 6) is -0.434. The van der Waals surface area contributed by atoms with Gasteiger partial charge in [0.05, 0.1) is 27.6 Å². The van der Waals surface area contributed by atoms with Crippen LogP contribution in [0.4, 0.5) is 14.6 Å². The monoisotopic (exact) mass is 530 g/mol. The average molecular weight is 531 g/mol. The van der Waals surface area contributed by atoms with Crippen molar-refractivity contribution in [2.75, 3.05) is 25.5 Å². The number of halogens is 2. The molecule has 0 saturated carbocycles. The van der Waals surface area contributed by atoms with Gasteiger partial charge >= 0.3 is 0 Å². The third-order valence-electron chi connectivity index (χ3n) is 6.21. The van der Waals surface area contributed by atoms with Crippen molar-refractivity contribution in [3.63, 3.8) is 0 Å². The zero-order chi connectivity index (χ0) is 26.6. The zero-order valence-corrected chi connectivity index (χ0v) is 21.4. The third kappa shape index (κ3) is 5.75. The highest BCUT2D eigenvalue weighted by atomic mass is 32.2. The second-order valence-electron chi connectivity index (χ2n) is 8.68. The van der Waals surface area contributed by atoms with Crippen molar-refractivity contribution in [3.05, 3.63) is 53.8 Å². The van der Waals surface area contributed by atoms with Gasteiger partial charge in [0.2, 0.25) is 5.89 Å². The summed E-state index contributed by atoms with van der Waals surface area (Å²) in [4.78, 5) is 8.89. The molecule has 3 aromatic rings. The summed E-state index contributed by atoms with van der Waals surface area (Å²) in [7, 11) is -3.41. The zero-order valence-electron chi connectivity index (χ0n) is 20.5. The van der Waals surface area contributed by atoms with Gasteiger partial charge in [0.15, 0.2) is 21.3 Å². The minimum atomic E-state index is -3.41. The Morgan fingerprint density at radius 1 is 1.16 bits per heavy atom. The Bertz CT molecular complexity index is 1430. The summed E-state index contributed by atoms with van der Waals surface area (Å²) in [6.45, 7) is 3.64. The highest BCUT2D eigenvalue weighted by Crippen LogP contribution is 2.33. The maximum atomic E-state index is 14.7. The van der Waals surface area contributed by atoms with Crippen molar-refractivity contribution in [2.45, 2.75) is 43.3 Å². The molecule has 2 heterocycles. The molecule has 0 bridgehead atoms. The fourth-order valence-electron chi connectivity index (χ4n) is 3.81. The van der Waals surface area contributed by atoms with Gasteiger partial charge in [-0.25, -0.2) is 27.2 Å². The van der Waals surface area contributed by atoms with Crippen LogP contribution in [0.5, 0.6) is 0 Å². The lowest BCUT2D eigenvalue weighted by atomic mass is 9.97. The van der Waals surface area contributed by atoms with Crippen molar-refractivity contribution < 1.29 is 21.6 Å². The normalized spacial score (nSPS) is 15.1. The predicted molar refractivity (Wildman–Crippen MR) is 136 cm³/mol. The Morgan fingerprint density at radius 2 is 1.89 bits per heavy atom. The molecule has 1 aromatic carbocycles. The Balaban J connectivity index is 1.58. The first-order valence-corrected chi connectivity index (χ1v) is 13.4. The van der Waals surface area contributed by atoms with E-state index in [0.29, 0.717) is 37.1 Å². The minimum absolute atomic E-state index is 0.0162. The number of allylic oxidation sites excluding steroid dienone is 3. The Morgan fingerprint density at radius 3 is 2.57 bits per heavy atom. The van der Waals surface area contributed by atoms with E-state index in [1.807, 2.05) is 6.92 Å². The molecule has 0 radical (unpaired) electrons. The molecular weight excluding hydrogens is 502 g/mol. The molecule has 1 aliphatic carbocycles. The molecule has 12 heteroatoms. The highest BCUT2D eigenvalue weighted by molar-refractivity contribution is 7.92. The van der Waals surface area contributed by atoms with Gasteiger partial charge in [-0.2, -0.15) is 0 Å². The van der Waals surface area contributed by atoms with Crippen LogP contribution < -0.4 is 11.1 Å². The van der Waals surface area contributed by atoms with Crippen LogP contribution in [-0.2, 0) is 9.84 Å². The smallest absolute Gasteiger partial charge is 0.270 e. The lowest BCUT2D eigenvalue weighted by Crippen LogP contribution is -2.20.